The quantitative estimate of drug-likeness (QED) is 0.791. The Morgan fingerprint density at radius 1 is 1.35 bits per heavy atom. The van der Waals surface area contributed by atoms with Crippen molar-refractivity contribution in [3.05, 3.63) is 53.7 Å². The molecule has 0 saturated carbocycles. The average Bonchev–Trinajstić information content (AvgIpc) is 2.44. The standard InChI is InChI=1S/C15H16N2O3/c1-11-8-12(15(18)19)10-13(9-11)20-7-6-17-14-4-2-3-5-16-14/h2-5,8-10H,6-7H2,1H3,(H,16,17)(H,18,19). The number of benzene rings is 1. The Kier molecular flexibility index (Phi) is 4.55. The van der Waals surface area contributed by atoms with Crippen LogP contribution in [0.5, 0.6) is 5.75 Å². The summed E-state index contributed by atoms with van der Waals surface area (Å²) in [6.45, 7) is 2.86. The van der Waals surface area contributed by atoms with Crippen molar-refractivity contribution in [2.45, 2.75) is 6.92 Å². The lowest BCUT2D eigenvalue weighted by Gasteiger charge is -2.09. The van der Waals surface area contributed by atoms with E-state index in [1.54, 1.807) is 12.3 Å². The van der Waals surface area contributed by atoms with Gasteiger partial charge in [0, 0.05) is 6.20 Å². The fourth-order valence-electron chi connectivity index (χ4n) is 1.77. The number of nitrogens with one attached hydrogen (secondary N) is 1. The highest BCUT2D eigenvalue weighted by molar-refractivity contribution is 5.88. The van der Waals surface area contributed by atoms with Gasteiger partial charge in [-0.2, -0.15) is 0 Å². The fourth-order valence-corrected chi connectivity index (χ4v) is 1.77. The van der Waals surface area contributed by atoms with Gasteiger partial charge < -0.3 is 15.2 Å². The lowest BCUT2D eigenvalue weighted by atomic mass is 10.1. The Labute approximate surface area is 117 Å². The van der Waals surface area contributed by atoms with Crippen molar-refractivity contribution in [3.8, 4) is 5.75 Å². The van der Waals surface area contributed by atoms with Gasteiger partial charge in [-0.15, -0.1) is 0 Å². The summed E-state index contributed by atoms with van der Waals surface area (Å²) in [5.74, 6) is 0.391. The van der Waals surface area contributed by atoms with Crippen LogP contribution in [0.3, 0.4) is 0 Å². The van der Waals surface area contributed by atoms with Crippen LogP contribution in [0.15, 0.2) is 42.6 Å². The van der Waals surface area contributed by atoms with Gasteiger partial charge in [0.1, 0.15) is 18.2 Å². The zero-order valence-corrected chi connectivity index (χ0v) is 11.2. The van der Waals surface area contributed by atoms with Crippen LogP contribution >= 0.6 is 0 Å². The number of carboxylic acids is 1. The van der Waals surface area contributed by atoms with Crippen LogP contribution in [-0.2, 0) is 0 Å². The Morgan fingerprint density at radius 2 is 2.20 bits per heavy atom. The number of anilines is 1. The number of hydrogen-bond acceptors (Lipinski definition) is 4. The molecule has 0 radical (unpaired) electrons. The first-order valence-corrected chi connectivity index (χ1v) is 6.28. The van der Waals surface area contributed by atoms with E-state index in [4.69, 9.17) is 9.84 Å². The van der Waals surface area contributed by atoms with Crippen molar-refractivity contribution < 1.29 is 14.6 Å². The summed E-state index contributed by atoms with van der Waals surface area (Å²) >= 11 is 0. The smallest absolute Gasteiger partial charge is 0.335 e. The number of pyridine rings is 1. The molecule has 20 heavy (non-hydrogen) atoms. The van der Waals surface area contributed by atoms with Crippen LogP contribution < -0.4 is 10.1 Å². The van der Waals surface area contributed by atoms with Gasteiger partial charge in [-0.1, -0.05) is 6.07 Å². The van der Waals surface area contributed by atoms with Crippen molar-refractivity contribution in [2.75, 3.05) is 18.5 Å². The molecule has 0 atom stereocenters. The molecule has 0 bridgehead atoms. The van der Waals surface area contributed by atoms with E-state index in [-0.39, 0.29) is 5.56 Å². The van der Waals surface area contributed by atoms with Crippen molar-refractivity contribution in [2.24, 2.45) is 0 Å². The molecule has 2 rings (SSSR count). The molecule has 1 aromatic carbocycles. The van der Waals surface area contributed by atoms with E-state index in [0.29, 0.717) is 18.9 Å². The minimum Gasteiger partial charge on any atom is -0.492 e. The Balaban J connectivity index is 1.86. The highest BCUT2D eigenvalue weighted by atomic mass is 16.5. The maximum absolute atomic E-state index is 10.9. The third kappa shape index (κ3) is 3.98. The number of hydrogen-bond donors (Lipinski definition) is 2. The zero-order chi connectivity index (χ0) is 14.4. The number of nitrogens with zero attached hydrogens (tertiary/aromatic N) is 1. The van der Waals surface area contributed by atoms with Gasteiger partial charge in [0.15, 0.2) is 0 Å². The van der Waals surface area contributed by atoms with Gasteiger partial charge in [0.2, 0.25) is 0 Å². The van der Waals surface area contributed by atoms with Crippen LogP contribution in [0, 0.1) is 6.92 Å². The van der Waals surface area contributed by atoms with E-state index >= 15 is 0 Å². The van der Waals surface area contributed by atoms with Crippen LogP contribution in [-0.4, -0.2) is 29.2 Å². The average molecular weight is 272 g/mol. The molecule has 0 unspecified atom stereocenters. The van der Waals surface area contributed by atoms with E-state index in [2.05, 4.69) is 10.3 Å². The first-order valence-electron chi connectivity index (χ1n) is 6.28. The summed E-state index contributed by atoms with van der Waals surface area (Å²) in [6, 6.07) is 10.6. The van der Waals surface area contributed by atoms with E-state index in [1.807, 2.05) is 31.2 Å². The first kappa shape index (κ1) is 13.9. The van der Waals surface area contributed by atoms with Crippen molar-refractivity contribution in [1.29, 1.82) is 0 Å². The molecule has 0 saturated heterocycles. The van der Waals surface area contributed by atoms with Crippen molar-refractivity contribution in [1.82, 2.24) is 4.98 Å². The molecule has 2 aromatic rings. The molecule has 0 spiro atoms. The molecular weight excluding hydrogens is 256 g/mol. The number of aromatic nitrogens is 1. The normalized spacial score (nSPS) is 10.1. The number of rotatable bonds is 6. The summed E-state index contributed by atoms with van der Waals surface area (Å²) in [6.07, 6.45) is 1.71. The van der Waals surface area contributed by atoms with Crippen molar-refractivity contribution in [3.63, 3.8) is 0 Å². The topological polar surface area (TPSA) is 71.5 Å². The molecule has 0 aliphatic rings. The summed E-state index contributed by atoms with van der Waals surface area (Å²) in [4.78, 5) is 15.1. The van der Waals surface area contributed by atoms with Gasteiger partial charge in [-0.25, -0.2) is 9.78 Å². The SMILES string of the molecule is Cc1cc(OCCNc2ccccn2)cc(C(=O)O)c1. The van der Waals surface area contributed by atoms with Gasteiger partial charge >= 0.3 is 5.97 Å². The molecule has 5 nitrogen and oxygen atoms in total. The molecule has 0 amide bonds. The number of carbonyl (C=O) groups is 1. The molecular formula is C15H16N2O3. The molecule has 1 aromatic heterocycles. The minimum atomic E-state index is -0.954. The lowest BCUT2D eigenvalue weighted by Crippen LogP contribution is -2.12. The van der Waals surface area contributed by atoms with Gasteiger partial charge in [-0.05, 0) is 42.8 Å². The molecule has 0 aliphatic carbocycles. The molecule has 1 heterocycles. The molecule has 104 valence electrons. The highest BCUT2D eigenvalue weighted by Crippen LogP contribution is 2.16. The Bertz CT molecular complexity index is 585. The van der Waals surface area contributed by atoms with Crippen LogP contribution in [0.2, 0.25) is 0 Å². The second-order valence-corrected chi connectivity index (χ2v) is 4.33. The van der Waals surface area contributed by atoms with Gasteiger partial charge in [-0.3, -0.25) is 0 Å². The maximum atomic E-state index is 10.9. The van der Waals surface area contributed by atoms with Gasteiger partial charge in [0.05, 0.1) is 12.1 Å². The minimum absolute atomic E-state index is 0.234. The number of ether oxygens (including phenoxy) is 1. The number of carboxylic acid groups (broad SMARTS) is 1. The fraction of sp³-hybridized carbons (Fsp3) is 0.200. The molecule has 0 fully saturated rings. The Hall–Kier alpha value is -2.56. The van der Waals surface area contributed by atoms with Crippen LogP contribution in [0.4, 0.5) is 5.82 Å². The second-order valence-electron chi connectivity index (χ2n) is 4.33. The van der Waals surface area contributed by atoms with Crippen LogP contribution in [0.25, 0.3) is 0 Å². The zero-order valence-electron chi connectivity index (χ0n) is 11.2. The summed E-state index contributed by atoms with van der Waals surface area (Å²) < 4.78 is 5.55. The van der Waals surface area contributed by atoms with E-state index < -0.39 is 5.97 Å². The van der Waals surface area contributed by atoms with E-state index in [9.17, 15) is 4.79 Å². The predicted molar refractivity (Wildman–Crippen MR) is 76.4 cm³/mol. The summed E-state index contributed by atoms with van der Waals surface area (Å²) in [7, 11) is 0. The third-order valence-electron chi connectivity index (χ3n) is 2.64. The van der Waals surface area contributed by atoms with Gasteiger partial charge in [0.25, 0.3) is 0 Å². The third-order valence-corrected chi connectivity index (χ3v) is 2.64. The van der Waals surface area contributed by atoms with E-state index in [1.165, 1.54) is 6.07 Å². The molecule has 2 N–H and O–H groups in total. The lowest BCUT2D eigenvalue weighted by molar-refractivity contribution is 0.0696. The van der Waals surface area contributed by atoms with Crippen molar-refractivity contribution >= 4 is 11.8 Å². The monoisotopic (exact) mass is 272 g/mol. The highest BCUT2D eigenvalue weighted by Gasteiger charge is 2.06. The summed E-state index contributed by atoms with van der Waals surface area (Å²) in [5.41, 5.74) is 1.09. The predicted octanol–water partition coefficient (Wildman–Crippen LogP) is 2.58. The first-order chi connectivity index (χ1) is 9.65. The second kappa shape index (κ2) is 6.56. The summed E-state index contributed by atoms with van der Waals surface area (Å²) in [5, 5.41) is 12.1. The number of aryl methyl sites for hydroxylation is 1. The maximum Gasteiger partial charge on any atom is 0.335 e. The molecule has 0 aliphatic heterocycles. The molecule has 5 heteroatoms. The largest absolute Gasteiger partial charge is 0.492 e. The number of aromatic carboxylic acids is 1. The van der Waals surface area contributed by atoms with E-state index in [0.717, 1.165) is 11.4 Å². The van der Waals surface area contributed by atoms with Crippen LogP contribution in [0.1, 0.15) is 15.9 Å². The Morgan fingerprint density at radius 3 is 2.90 bits per heavy atom.